The van der Waals surface area contributed by atoms with Crippen molar-refractivity contribution in [3.63, 3.8) is 0 Å². The molecule has 0 saturated heterocycles. The highest BCUT2D eigenvalue weighted by molar-refractivity contribution is 6.38. The average molecular weight is 127 g/mol. The summed E-state index contributed by atoms with van der Waals surface area (Å²) in [6.45, 7) is 6.13. The van der Waals surface area contributed by atoms with E-state index in [1.165, 1.54) is 0 Å². The summed E-state index contributed by atoms with van der Waals surface area (Å²) in [5.74, 6) is 0.0966. The Morgan fingerprint density at radius 3 is 2.11 bits per heavy atom. The van der Waals surface area contributed by atoms with Crippen LogP contribution in [0.5, 0.6) is 0 Å². The summed E-state index contributed by atoms with van der Waals surface area (Å²) in [7, 11) is 0. The number of carbonyl (C=O) groups excluding carboxylic acids is 1. The van der Waals surface area contributed by atoms with Gasteiger partial charge in [0.1, 0.15) is 0 Å². The molecule has 0 bridgehead atoms. The molecule has 0 aromatic heterocycles. The second-order valence-electron chi connectivity index (χ2n) is 1.83. The van der Waals surface area contributed by atoms with Crippen LogP contribution in [0.1, 0.15) is 27.2 Å². The van der Waals surface area contributed by atoms with Crippen LogP contribution in [0, 0.1) is 0 Å². The first kappa shape index (κ1) is 8.34. The van der Waals surface area contributed by atoms with Crippen LogP contribution in [-0.2, 0) is 4.79 Å². The molecule has 0 aromatic rings. The first-order chi connectivity index (χ1) is 4.22. The minimum absolute atomic E-state index is 0.0966. The largest absolute Gasteiger partial charge is 0.293 e. The fraction of sp³-hybridized carbons (Fsp3) is 0.714. The Hall–Kier alpha value is -0.660. The Labute approximate surface area is 56.0 Å². The standard InChI is InChI=1S/C7H13NO/c1-4-7(6(3)9)8-5-2/h4-5H2,1-3H3. The molecule has 0 aromatic carbocycles. The number of rotatable bonds is 3. The lowest BCUT2D eigenvalue weighted by Crippen LogP contribution is -2.08. The monoisotopic (exact) mass is 127 g/mol. The van der Waals surface area contributed by atoms with Gasteiger partial charge in [-0.2, -0.15) is 0 Å². The maximum atomic E-state index is 10.6. The van der Waals surface area contributed by atoms with E-state index < -0.39 is 0 Å². The normalized spacial score (nSPS) is 11.7. The number of ketones is 1. The quantitative estimate of drug-likeness (QED) is 0.527. The van der Waals surface area contributed by atoms with E-state index in [1.807, 2.05) is 13.8 Å². The number of hydrogen-bond donors (Lipinski definition) is 0. The van der Waals surface area contributed by atoms with Crippen molar-refractivity contribution in [2.45, 2.75) is 27.2 Å². The van der Waals surface area contributed by atoms with Crippen molar-refractivity contribution in [3.8, 4) is 0 Å². The van der Waals surface area contributed by atoms with Gasteiger partial charge in [-0.25, -0.2) is 0 Å². The molecule has 0 amide bonds. The highest BCUT2D eigenvalue weighted by Crippen LogP contribution is 1.87. The summed E-state index contributed by atoms with van der Waals surface area (Å²) >= 11 is 0. The van der Waals surface area contributed by atoms with Crippen LogP contribution in [0.3, 0.4) is 0 Å². The Kier molecular flexibility index (Phi) is 3.93. The maximum Gasteiger partial charge on any atom is 0.173 e. The number of carbonyl (C=O) groups is 1. The summed E-state index contributed by atoms with van der Waals surface area (Å²) < 4.78 is 0. The van der Waals surface area contributed by atoms with Gasteiger partial charge in [-0.15, -0.1) is 0 Å². The minimum Gasteiger partial charge on any atom is -0.293 e. The third-order valence-electron chi connectivity index (χ3n) is 1.09. The molecule has 52 valence electrons. The SMILES string of the molecule is CCN=C(CC)C(C)=O. The van der Waals surface area contributed by atoms with Crippen LogP contribution in [0.2, 0.25) is 0 Å². The predicted octanol–water partition coefficient (Wildman–Crippen LogP) is 1.45. The highest BCUT2D eigenvalue weighted by atomic mass is 16.1. The van der Waals surface area contributed by atoms with Crippen LogP contribution >= 0.6 is 0 Å². The molecule has 2 nitrogen and oxygen atoms in total. The van der Waals surface area contributed by atoms with Gasteiger partial charge in [0.15, 0.2) is 5.78 Å². The number of hydrogen-bond acceptors (Lipinski definition) is 2. The summed E-state index contributed by atoms with van der Waals surface area (Å²) in [4.78, 5) is 14.6. The van der Waals surface area contributed by atoms with Crippen molar-refractivity contribution in [2.24, 2.45) is 4.99 Å². The topological polar surface area (TPSA) is 29.4 Å². The molecule has 0 aliphatic carbocycles. The van der Waals surface area contributed by atoms with E-state index in [0.717, 1.165) is 6.42 Å². The molecule has 0 aliphatic heterocycles. The third kappa shape index (κ3) is 3.01. The molecular formula is C7H13NO. The van der Waals surface area contributed by atoms with Gasteiger partial charge in [0, 0.05) is 13.5 Å². The second-order valence-corrected chi connectivity index (χ2v) is 1.83. The van der Waals surface area contributed by atoms with Crippen molar-refractivity contribution >= 4 is 11.5 Å². The number of aliphatic imine (C=N–C) groups is 1. The summed E-state index contributed by atoms with van der Waals surface area (Å²) in [5, 5.41) is 0. The molecule has 0 saturated carbocycles. The molecule has 0 rings (SSSR count). The molecule has 0 radical (unpaired) electrons. The second kappa shape index (κ2) is 4.24. The molecule has 0 aliphatic rings. The molecular weight excluding hydrogens is 114 g/mol. The number of nitrogens with zero attached hydrogens (tertiary/aromatic N) is 1. The van der Waals surface area contributed by atoms with Gasteiger partial charge < -0.3 is 0 Å². The van der Waals surface area contributed by atoms with Gasteiger partial charge in [0.25, 0.3) is 0 Å². The Morgan fingerprint density at radius 2 is 2.00 bits per heavy atom. The van der Waals surface area contributed by atoms with E-state index in [2.05, 4.69) is 4.99 Å². The van der Waals surface area contributed by atoms with Crippen molar-refractivity contribution in [3.05, 3.63) is 0 Å². The fourth-order valence-electron chi connectivity index (χ4n) is 0.663. The van der Waals surface area contributed by atoms with Gasteiger partial charge in [0.05, 0.1) is 5.71 Å². The Bertz CT molecular complexity index is 127. The van der Waals surface area contributed by atoms with Gasteiger partial charge in [-0.1, -0.05) is 6.92 Å². The summed E-state index contributed by atoms with van der Waals surface area (Å²) in [6.07, 6.45) is 0.753. The van der Waals surface area contributed by atoms with E-state index in [4.69, 9.17) is 0 Å². The third-order valence-corrected chi connectivity index (χ3v) is 1.09. The highest BCUT2D eigenvalue weighted by Gasteiger charge is 1.99. The van der Waals surface area contributed by atoms with Gasteiger partial charge >= 0.3 is 0 Å². The van der Waals surface area contributed by atoms with Crippen LogP contribution in [-0.4, -0.2) is 18.0 Å². The molecule has 0 unspecified atom stereocenters. The zero-order valence-corrected chi connectivity index (χ0v) is 6.27. The zero-order valence-electron chi connectivity index (χ0n) is 6.27. The fourth-order valence-corrected chi connectivity index (χ4v) is 0.663. The van der Waals surface area contributed by atoms with E-state index in [-0.39, 0.29) is 5.78 Å². The molecule has 2 heteroatoms. The van der Waals surface area contributed by atoms with Crippen LogP contribution in [0.25, 0.3) is 0 Å². The lowest BCUT2D eigenvalue weighted by atomic mass is 10.2. The lowest BCUT2D eigenvalue weighted by Gasteiger charge is -1.94. The first-order valence-electron chi connectivity index (χ1n) is 3.26. The molecule has 0 N–H and O–H groups in total. The van der Waals surface area contributed by atoms with Crippen LogP contribution in [0.4, 0.5) is 0 Å². The minimum atomic E-state index is 0.0966. The molecule has 0 spiro atoms. The summed E-state index contributed by atoms with van der Waals surface area (Å²) in [5.41, 5.74) is 0.706. The molecule has 0 fully saturated rings. The van der Waals surface area contributed by atoms with Crippen molar-refractivity contribution in [1.29, 1.82) is 0 Å². The first-order valence-corrected chi connectivity index (χ1v) is 3.26. The van der Waals surface area contributed by atoms with Crippen LogP contribution in [0.15, 0.2) is 4.99 Å². The average Bonchev–Trinajstić information content (AvgIpc) is 1.82. The molecule has 0 heterocycles. The Morgan fingerprint density at radius 1 is 1.44 bits per heavy atom. The van der Waals surface area contributed by atoms with Gasteiger partial charge in [0.2, 0.25) is 0 Å². The smallest absolute Gasteiger partial charge is 0.173 e. The van der Waals surface area contributed by atoms with Gasteiger partial charge in [-0.3, -0.25) is 9.79 Å². The number of Topliss-reactive ketones (excluding diaryl/α,β-unsaturated/α-hetero) is 1. The van der Waals surface area contributed by atoms with Crippen molar-refractivity contribution < 1.29 is 4.79 Å². The lowest BCUT2D eigenvalue weighted by molar-refractivity contribution is -0.111. The van der Waals surface area contributed by atoms with Gasteiger partial charge in [-0.05, 0) is 13.3 Å². The van der Waals surface area contributed by atoms with Crippen molar-refractivity contribution in [1.82, 2.24) is 0 Å². The maximum absolute atomic E-state index is 10.6. The molecule has 0 atom stereocenters. The van der Waals surface area contributed by atoms with Crippen molar-refractivity contribution in [2.75, 3.05) is 6.54 Å². The Balaban J connectivity index is 3.98. The molecule has 9 heavy (non-hydrogen) atoms. The van der Waals surface area contributed by atoms with E-state index in [0.29, 0.717) is 12.3 Å². The van der Waals surface area contributed by atoms with E-state index in [9.17, 15) is 4.79 Å². The summed E-state index contributed by atoms with van der Waals surface area (Å²) in [6, 6.07) is 0. The van der Waals surface area contributed by atoms with E-state index >= 15 is 0 Å². The predicted molar refractivity (Wildman–Crippen MR) is 38.9 cm³/mol. The zero-order chi connectivity index (χ0) is 7.28. The van der Waals surface area contributed by atoms with E-state index in [1.54, 1.807) is 6.92 Å². The van der Waals surface area contributed by atoms with Crippen LogP contribution < -0.4 is 0 Å².